The Morgan fingerprint density at radius 1 is 1.30 bits per heavy atom. The van der Waals surface area contributed by atoms with Gasteiger partial charge in [0.25, 0.3) is 11.8 Å². The fourth-order valence-corrected chi connectivity index (χ4v) is 3.28. The van der Waals surface area contributed by atoms with E-state index in [1.54, 1.807) is 37.1 Å². The average molecular weight is 315 g/mol. The van der Waals surface area contributed by atoms with Gasteiger partial charge in [-0.05, 0) is 38.9 Å². The summed E-state index contributed by atoms with van der Waals surface area (Å²) in [4.78, 5) is 40.5. The van der Waals surface area contributed by atoms with Crippen LogP contribution in [0.15, 0.2) is 18.2 Å². The van der Waals surface area contributed by atoms with Crippen molar-refractivity contribution in [3.8, 4) is 0 Å². The lowest BCUT2D eigenvalue weighted by Crippen LogP contribution is -2.51. The minimum absolute atomic E-state index is 0.113. The first-order valence-electron chi connectivity index (χ1n) is 7.87. The molecular formula is C17H21N3O3. The maximum atomic E-state index is 12.7. The van der Waals surface area contributed by atoms with Gasteiger partial charge >= 0.3 is 0 Å². The van der Waals surface area contributed by atoms with E-state index in [0.29, 0.717) is 11.1 Å². The van der Waals surface area contributed by atoms with E-state index in [4.69, 9.17) is 0 Å². The highest BCUT2D eigenvalue weighted by atomic mass is 16.2. The van der Waals surface area contributed by atoms with Crippen LogP contribution in [0.4, 0.5) is 0 Å². The third-order valence-corrected chi connectivity index (χ3v) is 4.75. The van der Waals surface area contributed by atoms with Gasteiger partial charge in [-0.25, -0.2) is 0 Å². The van der Waals surface area contributed by atoms with Gasteiger partial charge in [0, 0.05) is 19.6 Å². The van der Waals surface area contributed by atoms with Gasteiger partial charge in [0.2, 0.25) is 5.91 Å². The number of amides is 3. The Balaban J connectivity index is 1.83. The Hall–Kier alpha value is -2.21. The number of likely N-dealkylation sites (N-methyl/N-ethyl adjacent to an activating group) is 1. The Morgan fingerprint density at radius 3 is 2.65 bits per heavy atom. The van der Waals surface area contributed by atoms with E-state index in [-0.39, 0.29) is 23.8 Å². The van der Waals surface area contributed by atoms with E-state index in [1.165, 1.54) is 0 Å². The van der Waals surface area contributed by atoms with Crippen LogP contribution < -0.4 is 5.32 Å². The van der Waals surface area contributed by atoms with Crippen molar-refractivity contribution >= 4 is 17.7 Å². The summed E-state index contributed by atoms with van der Waals surface area (Å²) in [5.74, 6) is -0.971. The number of aryl methyl sites for hydroxylation is 1. The third-order valence-electron chi connectivity index (χ3n) is 4.75. The van der Waals surface area contributed by atoms with Crippen LogP contribution in [0.2, 0.25) is 0 Å². The largest absolute Gasteiger partial charge is 0.340 e. The van der Waals surface area contributed by atoms with Crippen LogP contribution in [0.3, 0.4) is 0 Å². The summed E-state index contributed by atoms with van der Waals surface area (Å²) >= 11 is 0. The summed E-state index contributed by atoms with van der Waals surface area (Å²) in [6, 6.07) is 4.48. The maximum Gasteiger partial charge on any atom is 0.262 e. The molecule has 1 saturated heterocycles. The molecule has 6 nitrogen and oxygen atoms in total. The van der Waals surface area contributed by atoms with Crippen LogP contribution in [0.25, 0.3) is 0 Å². The molecule has 122 valence electrons. The number of fused-ring (bicyclic) bond motifs is 1. The van der Waals surface area contributed by atoms with Crippen molar-refractivity contribution in [2.75, 3.05) is 20.1 Å². The predicted molar refractivity (Wildman–Crippen MR) is 85.2 cm³/mol. The van der Waals surface area contributed by atoms with Crippen LogP contribution in [0.1, 0.15) is 39.6 Å². The number of rotatable bonds is 3. The average Bonchev–Trinajstić information content (AvgIpc) is 3.14. The summed E-state index contributed by atoms with van der Waals surface area (Å²) in [5, 5.41) is 3.21. The van der Waals surface area contributed by atoms with E-state index in [0.717, 1.165) is 30.0 Å². The first kappa shape index (κ1) is 15.7. The molecule has 3 rings (SSSR count). The first-order chi connectivity index (χ1) is 10.9. The molecule has 0 bridgehead atoms. The highest BCUT2D eigenvalue weighted by molar-refractivity contribution is 6.22. The molecule has 0 aliphatic carbocycles. The number of hydrogen-bond donors (Lipinski definition) is 1. The van der Waals surface area contributed by atoms with Crippen LogP contribution in [-0.2, 0) is 4.79 Å². The lowest BCUT2D eigenvalue weighted by Gasteiger charge is -2.30. The zero-order chi connectivity index (χ0) is 16.7. The van der Waals surface area contributed by atoms with Gasteiger partial charge in [-0.3, -0.25) is 19.3 Å². The second-order valence-corrected chi connectivity index (χ2v) is 6.30. The fraction of sp³-hybridized carbons (Fsp3) is 0.471. The Morgan fingerprint density at radius 2 is 2.00 bits per heavy atom. The van der Waals surface area contributed by atoms with Crippen molar-refractivity contribution < 1.29 is 14.4 Å². The zero-order valence-corrected chi connectivity index (χ0v) is 13.6. The Labute approximate surface area is 135 Å². The molecule has 2 aliphatic heterocycles. The fourth-order valence-electron chi connectivity index (χ4n) is 3.28. The molecule has 23 heavy (non-hydrogen) atoms. The topological polar surface area (TPSA) is 69.7 Å². The monoisotopic (exact) mass is 315 g/mol. The van der Waals surface area contributed by atoms with Crippen LogP contribution >= 0.6 is 0 Å². The van der Waals surface area contributed by atoms with Crippen molar-refractivity contribution in [1.82, 2.24) is 15.1 Å². The van der Waals surface area contributed by atoms with Gasteiger partial charge in [-0.2, -0.15) is 0 Å². The summed E-state index contributed by atoms with van der Waals surface area (Å²) < 4.78 is 0. The molecule has 1 fully saturated rings. The van der Waals surface area contributed by atoms with E-state index >= 15 is 0 Å². The normalized spacial score (nSPS) is 21.5. The summed E-state index contributed by atoms with van der Waals surface area (Å²) in [6.45, 7) is 5.12. The maximum absolute atomic E-state index is 12.7. The Kier molecular flexibility index (Phi) is 3.93. The van der Waals surface area contributed by atoms with E-state index in [9.17, 15) is 14.4 Å². The molecular weight excluding hydrogens is 294 g/mol. The third kappa shape index (κ3) is 2.53. The molecule has 1 aromatic rings. The van der Waals surface area contributed by atoms with Crippen molar-refractivity contribution in [3.63, 3.8) is 0 Å². The molecule has 2 aliphatic rings. The zero-order valence-electron chi connectivity index (χ0n) is 13.6. The SMILES string of the molecule is Cc1ccc2c(c1)C(=O)N(C(C)C(=O)N(C)C1CCNC1)C2=O. The summed E-state index contributed by atoms with van der Waals surface area (Å²) in [6.07, 6.45) is 0.885. The number of benzene rings is 1. The quantitative estimate of drug-likeness (QED) is 0.838. The Bertz CT molecular complexity index is 680. The second kappa shape index (κ2) is 5.77. The predicted octanol–water partition coefficient (Wildman–Crippen LogP) is 0.800. The molecule has 6 heteroatoms. The van der Waals surface area contributed by atoms with E-state index in [1.807, 2.05) is 6.92 Å². The molecule has 0 radical (unpaired) electrons. The summed E-state index contributed by atoms with van der Waals surface area (Å²) in [5.41, 5.74) is 1.69. The molecule has 1 aromatic carbocycles. The number of imide groups is 1. The molecule has 2 heterocycles. The van der Waals surface area contributed by atoms with Gasteiger partial charge in [0.05, 0.1) is 11.1 Å². The number of carbonyl (C=O) groups is 3. The first-order valence-corrected chi connectivity index (χ1v) is 7.87. The highest BCUT2D eigenvalue weighted by Gasteiger charge is 2.42. The number of carbonyl (C=O) groups excluding carboxylic acids is 3. The lowest BCUT2D eigenvalue weighted by atomic mass is 10.1. The van der Waals surface area contributed by atoms with Gasteiger partial charge in [0.1, 0.15) is 6.04 Å². The molecule has 2 atom stereocenters. The molecule has 0 aromatic heterocycles. The number of nitrogens with one attached hydrogen (secondary N) is 1. The van der Waals surface area contributed by atoms with Crippen molar-refractivity contribution in [3.05, 3.63) is 34.9 Å². The van der Waals surface area contributed by atoms with Crippen LogP contribution in [0.5, 0.6) is 0 Å². The molecule has 2 unspecified atom stereocenters. The van der Waals surface area contributed by atoms with Crippen LogP contribution in [-0.4, -0.2) is 59.7 Å². The van der Waals surface area contributed by atoms with Crippen molar-refractivity contribution in [2.24, 2.45) is 0 Å². The summed E-state index contributed by atoms with van der Waals surface area (Å²) in [7, 11) is 1.73. The van der Waals surface area contributed by atoms with E-state index in [2.05, 4.69) is 5.32 Å². The minimum atomic E-state index is -0.798. The van der Waals surface area contributed by atoms with E-state index < -0.39 is 6.04 Å². The number of hydrogen-bond acceptors (Lipinski definition) is 4. The van der Waals surface area contributed by atoms with Gasteiger partial charge in [-0.1, -0.05) is 11.6 Å². The van der Waals surface area contributed by atoms with Gasteiger partial charge in [0.15, 0.2) is 0 Å². The van der Waals surface area contributed by atoms with Crippen LogP contribution in [0, 0.1) is 6.92 Å². The lowest BCUT2D eigenvalue weighted by molar-refractivity contribution is -0.135. The second-order valence-electron chi connectivity index (χ2n) is 6.30. The standard InChI is InChI=1S/C17H21N3O3/c1-10-4-5-13-14(8-10)17(23)20(16(13)22)11(2)15(21)19(3)12-6-7-18-9-12/h4-5,8,11-12,18H,6-7,9H2,1-3H3. The van der Waals surface area contributed by atoms with Gasteiger partial charge in [-0.15, -0.1) is 0 Å². The highest BCUT2D eigenvalue weighted by Crippen LogP contribution is 2.26. The smallest absolute Gasteiger partial charge is 0.262 e. The molecule has 1 N–H and O–H groups in total. The van der Waals surface area contributed by atoms with Crippen molar-refractivity contribution in [2.45, 2.75) is 32.4 Å². The molecule has 0 spiro atoms. The number of nitrogens with zero attached hydrogens (tertiary/aromatic N) is 2. The van der Waals surface area contributed by atoms with Crippen molar-refractivity contribution in [1.29, 1.82) is 0 Å². The molecule has 3 amide bonds. The van der Waals surface area contributed by atoms with Gasteiger partial charge < -0.3 is 10.2 Å². The molecule has 0 saturated carbocycles. The minimum Gasteiger partial charge on any atom is -0.340 e.